The van der Waals surface area contributed by atoms with E-state index in [1.165, 1.54) is 0 Å². The molecule has 2 aliphatic heterocycles. The zero-order valence-corrected chi connectivity index (χ0v) is 29.6. The quantitative estimate of drug-likeness (QED) is 0.194. The number of anilines is 4. The predicted molar refractivity (Wildman–Crippen MR) is 196 cm³/mol. The van der Waals surface area contributed by atoms with E-state index >= 15 is 0 Å². The highest BCUT2D eigenvalue weighted by Crippen LogP contribution is 2.47. The van der Waals surface area contributed by atoms with Crippen molar-refractivity contribution in [2.24, 2.45) is 14.1 Å². The largest absolute Gasteiger partial charge is 0.338 e. The number of aryl methyl sites for hydroxylation is 4. The number of benzene rings is 2. The minimum absolute atomic E-state index is 0.0420. The van der Waals surface area contributed by atoms with Gasteiger partial charge in [0.1, 0.15) is 0 Å². The van der Waals surface area contributed by atoms with E-state index in [0.29, 0.717) is 11.6 Å². The summed E-state index contributed by atoms with van der Waals surface area (Å²) >= 11 is 0. The van der Waals surface area contributed by atoms with Gasteiger partial charge < -0.3 is 9.13 Å². The van der Waals surface area contributed by atoms with Crippen molar-refractivity contribution in [2.45, 2.75) is 52.4 Å². The van der Waals surface area contributed by atoms with Gasteiger partial charge in [-0.2, -0.15) is 0 Å². The van der Waals surface area contributed by atoms with E-state index in [0.717, 1.165) is 56.1 Å². The monoisotopic (exact) mass is 664 g/mol. The van der Waals surface area contributed by atoms with Crippen molar-refractivity contribution < 1.29 is 9.59 Å². The van der Waals surface area contributed by atoms with Gasteiger partial charge in [-0.3, -0.25) is 29.4 Å². The molecule has 2 aliphatic rings. The van der Waals surface area contributed by atoms with Crippen molar-refractivity contribution in [1.82, 2.24) is 29.1 Å². The third-order valence-corrected chi connectivity index (χ3v) is 9.61. The summed E-state index contributed by atoms with van der Waals surface area (Å²) in [5, 5.41) is 0. The van der Waals surface area contributed by atoms with Crippen molar-refractivity contribution in [3.8, 4) is 22.3 Å². The topological polar surface area (TPSA) is 102 Å². The molecular weight excluding hydrogens is 624 g/mol. The zero-order chi connectivity index (χ0) is 35.5. The molecule has 10 heteroatoms. The van der Waals surface area contributed by atoms with Gasteiger partial charge in [0, 0.05) is 55.8 Å². The molecule has 0 radical (unpaired) electrons. The molecule has 6 aromatic rings. The van der Waals surface area contributed by atoms with E-state index in [9.17, 15) is 9.59 Å². The maximum absolute atomic E-state index is 13.1. The van der Waals surface area contributed by atoms with E-state index < -0.39 is 10.8 Å². The number of imidazole rings is 2. The maximum Gasteiger partial charge on any atom is 0.242 e. The number of nitrogens with zero attached hydrogens (tertiary/aromatic N) is 8. The van der Waals surface area contributed by atoms with E-state index in [1.54, 1.807) is 22.5 Å². The number of hydrogen-bond acceptors (Lipinski definition) is 6. The van der Waals surface area contributed by atoms with Gasteiger partial charge in [0.15, 0.2) is 11.6 Å². The second-order valence-electron chi connectivity index (χ2n) is 14.2. The van der Waals surface area contributed by atoms with Crippen LogP contribution in [0.4, 0.5) is 23.0 Å². The standard InChI is InChI=1S/2C20H20N4O/c1-13-9-15(7-8-21-13)14-5-6-16-17(10-14)24(19(25)20(16,2)3)18-11-23(4)12-22-18;1-13-5-6-15(10-21-13)14-7-8-16-17(9-14)24(19(25)20(16,2)3)18-11-23(4)12-22-18/h2*5-12H,1-4H3. The SMILES string of the molecule is Cc1cc(-c2ccc3c(c2)N(c2cn(C)cn2)C(=O)C3(C)C)ccn1.Cc1ccc(-c2ccc3c(c2)N(c2cn(C)cn2)C(=O)C3(C)C)cn1. The third-order valence-electron chi connectivity index (χ3n) is 9.61. The number of pyridine rings is 2. The molecule has 6 heterocycles. The summed E-state index contributed by atoms with van der Waals surface area (Å²) in [7, 11) is 3.80. The lowest BCUT2D eigenvalue weighted by Gasteiger charge is -2.18. The van der Waals surface area contributed by atoms with Gasteiger partial charge in [-0.25, -0.2) is 9.97 Å². The fourth-order valence-electron chi connectivity index (χ4n) is 6.71. The number of fused-ring (bicyclic) bond motifs is 2. The average molecular weight is 665 g/mol. The van der Waals surface area contributed by atoms with E-state index in [1.807, 2.05) is 108 Å². The van der Waals surface area contributed by atoms with Crippen LogP contribution >= 0.6 is 0 Å². The molecule has 0 N–H and O–H groups in total. The second-order valence-corrected chi connectivity index (χ2v) is 14.2. The Morgan fingerprint density at radius 3 is 1.46 bits per heavy atom. The normalized spacial score (nSPS) is 15.5. The molecule has 252 valence electrons. The summed E-state index contributed by atoms with van der Waals surface area (Å²) in [5.41, 5.74) is 8.88. The molecule has 4 aromatic heterocycles. The van der Waals surface area contributed by atoms with E-state index in [2.05, 4.69) is 62.4 Å². The predicted octanol–water partition coefficient (Wildman–Crippen LogP) is 7.49. The molecule has 0 unspecified atom stereocenters. The smallest absolute Gasteiger partial charge is 0.242 e. The Morgan fingerprint density at radius 2 is 1.02 bits per heavy atom. The lowest BCUT2D eigenvalue weighted by Crippen LogP contribution is -2.33. The van der Waals surface area contributed by atoms with Crippen LogP contribution in [-0.4, -0.2) is 40.9 Å². The molecule has 0 atom stereocenters. The van der Waals surface area contributed by atoms with Gasteiger partial charge in [-0.05, 0) is 99.7 Å². The first-order valence-corrected chi connectivity index (χ1v) is 16.6. The number of carbonyl (C=O) groups excluding carboxylic acids is 2. The summed E-state index contributed by atoms with van der Waals surface area (Å²) in [6.07, 6.45) is 10.8. The average Bonchev–Trinajstić information content (AvgIpc) is 3.81. The van der Waals surface area contributed by atoms with Crippen molar-refractivity contribution in [3.05, 3.63) is 121 Å². The number of rotatable bonds is 4. The first-order chi connectivity index (χ1) is 23.8. The molecular formula is C40H40N8O2. The highest BCUT2D eigenvalue weighted by molar-refractivity contribution is 6.13. The van der Waals surface area contributed by atoms with Crippen molar-refractivity contribution in [3.63, 3.8) is 0 Å². The zero-order valence-electron chi connectivity index (χ0n) is 29.6. The van der Waals surface area contributed by atoms with Crippen molar-refractivity contribution in [2.75, 3.05) is 9.80 Å². The van der Waals surface area contributed by atoms with Crippen LogP contribution < -0.4 is 9.80 Å². The molecule has 2 amide bonds. The summed E-state index contributed by atoms with van der Waals surface area (Å²) in [6.45, 7) is 11.8. The Kier molecular flexibility index (Phi) is 7.77. The molecule has 2 aromatic carbocycles. The summed E-state index contributed by atoms with van der Waals surface area (Å²) in [6, 6.07) is 20.5. The molecule has 10 nitrogen and oxygen atoms in total. The van der Waals surface area contributed by atoms with Gasteiger partial charge >= 0.3 is 0 Å². The van der Waals surface area contributed by atoms with Crippen LogP contribution in [0.5, 0.6) is 0 Å². The lowest BCUT2D eigenvalue weighted by molar-refractivity contribution is -0.122. The lowest BCUT2D eigenvalue weighted by atomic mass is 9.85. The molecule has 0 fully saturated rings. The number of hydrogen-bond donors (Lipinski definition) is 0. The third kappa shape index (κ3) is 5.46. The maximum atomic E-state index is 13.1. The first kappa shape index (κ1) is 32.6. The summed E-state index contributed by atoms with van der Waals surface area (Å²) < 4.78 is 3.70. The number of aromatic nitrogens is 6. The van der Waals surface area contributed by atoms with Gasteiger partial charge in [0.05, 0.1) is 34.9 Å². The van der Waals surface area contributed by atoms with Crippen LogP contribution in [0.15, 0.2) is 98.1 Å². The number of amides is 2. The van der Waals surface area contributed by atoms with Crippen LogP contribution in [0.2, 0.25) is 0 Å². The van der Waals surface area contributed by atoms with Crippen LogP contribution in [0.3, 0.4) is 0 Å². The Labute approximate surface area is 292 Å². The van der Waals surface area contributed by atoms with Crippen molar-refractivity contribution >= 4 is 34.8 Å². The van der Waals surface area contributed by atoms with Gasteiger partial charge in [-0.1, -0.05) is 30.3 Å². The molecule has 0 aliphatic carbocycles. The van der Waals surface area contributed by atoms with Gasteiger partial charge in [-0.15, -0.1) is 0 Å². The molecule has 50 heavy (non-hydrogen) atoms. The van der Waals surface area contributed by atoms with Crippen molar-refractivity contribution in [1.29, 1.82) is 0 Å². The minimum atomic E-state index is -0.573. The first-order valence-electron chi connectivity index (χ1n) is 16.6. The van der Waals surface area contributed by atoms with Crippen LogP contribution in [0, 0.1) is 13.8 Å². The minimum Gasteiger partial charge on any atom is -0.338 e. The molecule has 0 saturated carbocycles. The van der Waals surface area contributed by atoms with E-state index in [-0.39, 0.29) is 11.8 Å². The number of carbonyl (C=O) groups is 2. The Hall–Kier alpha value is -5.90. The van der Waals surface area contributed by atoms with E-state index in [4.69, 9.17) is 0 Å². The van der Waals surface area contributed by atoms with Gasteiger partial charge in [0.2, 0.25) is 11.8 Å². The second kappa shape index (κ2) is 11.9. The fourth-order valence-corrected chi connectivity index (χ4v) is 6.71. The Morgan fingerprint density at radius 1 is 0.540 bits per heavy atom. The molecule has 0 spiro atoms. The summed E-state index contributed by atoms with van der Waals surface area (Å²) in [4.78, 5) is 47.0. The fraction of sp³-hybridized carbons (Fsp3) is 0.250. The van der Waals surface area contributed by atoms with Gasteiger partial charge in [0.25, 0.3) is 0 Å². The highest BCUT2D eigenvalue weighted by Gasteiger charge is 2.46. The van der Waals surface area contributed by atoms with Crippen LogP contribution in [0.1, 0.15) is 50.2 Å². The van der Waals surface area contributed by atoms with Crippen LogP contribution in [0.25, 0.3) is 22.3 Å². The molecule has 0 saturated heterocycles. The Bertz CT molecular complexity index is 2280. The molecule has 0 bridgehead atoms. The summed E-state index contributed by atoms with van der Waals surface area (Å²) in [5.74, 6) is 1.39. The molecule has 8 rings (SSSR count). The van der Waals surface area contributed by atoms with Crippen LogP contribution in [-0.2, 0) is 34.5 Å². The Balaban J connectivity index is 0.000000157. The highest BCUT2D eigenvalue weighted by atomic mass is 16.2.